The minimum atomic E-state index is -5.04. The molecule has 1 rings (SSSR count). The summed E-state index contributed by atoms with van der Waals surface area (Å²) >= 11 is 0. The Morgan fingerprint density at radius 1 is 1.12 bits per heavy atom. The van der Waals surface area contributed by atoms with Crippen LogP contribution in [0.2, 0.25) is 0 Å². The van der Waals surface area contributed by atoms with Gasteiger partial charge in [0.25, 0.3) is 0 Å². The van der Waals surface area contributed by atoms with E-state index in [4.69, 9.17) is 0 Å². The second-order valence-corrected chi connectivity index (χ2v) is 4.39. The first-order valence-corrected chi connectivity index (χ1v) is 5.26. The third kappa shape index (κ3) is 4.06. The number of likely N-dealkylation sites (tertiary alicyclic amines) is 1. The third-order valence-corrected chi connectivity index (χ3v) is 2.90. The maximum Gasteiger partial charge on any atom is 0.492 e. The number of alkyl halides is 3. The Morgan fingerprint density at radius 3 is 2.18 bits per heavy atom. The van der Waals surface area contributed by atoms with Gasteiger partial charge in [0.05, 0.1) is 0 Å². The minimum Gasteiger partial charge on any atom is -0.448 e. The highest BCUT2D eigenvalue weighted by atomic mass is 19.4. The van der Waals surface area contributed by atoms with Crippen LogP contribution in [0.15, 0.2) is 0 Å². The average Bonchev–Trinajstić information content (AvgIpc) is 2.25. The van der Waals surface area contributed by atoms with Crippen LogP contribution in [0.4, 0.5) is 26.1 Å². The van der Waals surface area contributed by atoms with E-state index in [0.29, 0.717) is 0 Å². The first-order chi connectivity index (χ1) is 7.54. The molecule has 1 saturated heterocycles. The van der Waals surface area contributed by atoms with Crippen LogP contribution in [0.3, 0.4) is 0 Å². The number of nitrogens with zero attached hydrogens (tertiary/aromatic N) is 1. The lowest BCUT2D eigenvalue weighted by Crippen LogP contribution is -2.46. The van der Waals surface area contributed by atoms with E-state index in [1.807, 2.05) is 0 Å². The maximum absolute atomic E-state index is 12.5. The van der Waals surface area contributed by atoms with Crippen LogP contribution in [-0.4, -0.2) is 48.3 Å². The van der Waals surface area contributed by atoms with Gasteiger partial charge in [-0.3, -0.25) is 0 Å². The van der Waals surface area contributed by atoms with Crippen molar-refractivity contribution in [2.45, 2.75) is 31.0 Å². The topological polar surface area (TPSA) is 23.5 Å². The molecule has 9 heteroatoms. The Hall–Kier alpha value is -0.435. The molecule has 0 spiro atoms. The van der Waals surface area contributed by atoms with Crippen molar-refractivity contribution in [3.05, 3.63) is 0 Å². The SMILES string of the molecule is OC1(C(F)(F)F)CCCN(C[B-](F)(F)F)CC1. The van der Waals surface area contributed by atoms with Gasteiger partial charge in [-0.05, 0) is 38.8 Å². The highest BCUT2D eigenvalue weighted by molar-refractivity contribution is 6.58. The lowest BCUT2D eigenvalue weighted by Gasteiger charge is -2.30. The Labute approximate surface area is 94.6 Å². The van der Waals surface area contributed by atoms with Crippen molar-refractivity contribution in [1.29, 1.82) is 0 Å². The average molecular weight is 264 g/mol. The fraction of sp³-hybridized carbons (Fsp3) is 1.00. The summed E-state index contributed by atoms with van der Waals surface area (Å²) in [5.74, 6) is 0. The van der Waals surface area contributed by atoms with Gasteiger partial charge in [-0.2, -0.15) is 13.2 Å². The van der Waals surface area contributed by atoms with E-state index in [9.17, 15) is 31.2 Å². The Bertz CT molecular complexity index is 268. The van der Waals surface area contributed by atoms with Crippen LogP contribution in [0.1, 0.15) is 19.3 Å². The van der Waals surface area contributed by atoms with Crippen LogP contribution in [0, 0.1) is 0 Å². The van der Waals surface area contributed by atoms with Crippen LogP contribution >= 0.6 is 0 Å². The van der Waals surface area contributed by atoms with Crippen LogP contribution < -0.4 is 0 Å². The molecule has 102 valence electrons. The van der Waals surface area contributed by atoms with Crippen molar-refractivity contribution in [2.75, 3.05) is 19.5 Å². The fourth-order valence-electron chi connectivity index (χ4n) is 1.93. The summed E-state index contributed by atoms with van der Waals surface area (Å²) in [6.45, 7) is -5.51. The van der Waals surface area contributed by atoms with Crippen molar-refractivity contribution in [3.63, 3.8) is 0 Å². The standard InChI is InChI=1S/C8H13BF6NO/c10-8(11,12)7(17)2-1-4-16(5-3-7)6-9(13,14)15/h17H,1-6H2/q-1. The summed E-state index contributed by atoms with van der Waals surface area (Å²) in [6, 6.07) is 0. The number of halogens is 6. The van der Waals surface area contributed by atoms with Crippen LogP contribution in [-0.2, 0) is 0 Å². The molecule has 0 radical (unpaired) electrons. The number of hydrogen-bond donors (Lipinski definition) is 1. The van der Waals surface area contributed by atoms with Crippen LogP contribution in [0.5, 0.6) is 0 Å². The van der Waals surface area contributed by atoms with Gasteiger partial charge in [-0.25, -0.2) is 0 Å². The fourth-order valence-corrected chi connectivity index (χ4v) is 1.93. The molecule has 0 amide bonds. The zero-order valence-electron chi connectivity index (χ0n) is 8.98. The lowest BCUT2D eigenvalue weighted by molar-refractivity contribution is -0.263. The van der Waals surface area contributed by atoms with E-state index in [0.717, 1.165) is 4.90 Å². The summed E-state index contributed by atoms with van der Waals surface area (Å²) in [5.41, 5.74) is -2.85. The molecule has 1 atom stereocenters. The molecule has 1 unspecified atom stereocenters. The first-order valence-electron chi connectivity index (χ1n) is 5.26. The molecule has 0 aliphatic carbocycles. The van der Waals surface area contributed by atoms with Crippen molar-refractivity contribution in [3.8, 4) is 0 Å². The van der Waals surface area contributed by atoms with Gasteiger partial charge >= 0.3 is 13.2 Å². The van der Waals surface area contributed by atoms with E-state index < -0.39 is 44.6 Å². The van der Waals surface area contributed by atoms with Gasteiger partial charge in [0.1, 0.15) is 0 Å². The van der Waals surface area contributed by atoms with Crippen molar-refractivity contribution >= 4 is 6.98 Å². The first kappa shape index (κ1) is 14.6. The molecule has 0 saturated carbocycles. The summed E-state index contributed by atoms with van der Waals surface area (Å²) in [6.07, 6.45) is -7.30. The van der Waals surface area contributed by atoms with Gasteiger partial charge < -0.3 is 23.0 Å². The van der Waals surface area contributed by atoms with Crippen molar-refractivity contribution < 1.29 is 31.2 Å². The molecular weight excluding hydrogens is 251 g/mol. The molecule has 1 aliphatic rings. The van der Waals surface area contributed by atoms with E-state index in [1.165, 1.54) is 0 Å². The van der Waals surface area contributed by atoms with Gasteiger partial charge in [0.15, 0.2) is 5.60 Å². The number of rotatable bonds is 2. The Morgan fingerprint density at radius 2 is 1.71 bits per heavy atom. The lowest BCUT2D eigenvalue weighted by atomic mass is 9.91. The monoisotopic (exact) mass is 264 g/mol. The quantitative estimate of drug-likeness (QED) is 0.610. The summed E-state index contributed by atoms with van der Waals surface area (Å²) < 4.78 is 73.9. The summed E-state index contributed by atoms with van der Waals surface area (Å²) in [5, 5.41) is 9.38. The maximum atomic E-state index is 12.5. The number of hydrogen-bond acceptors (Lipinski definition) is 2. The molecule has 1 N–H and O–H groups in total. The molecule has 17 heavy (non-hydrogen) atoms. The highest BCUT2D eigenvalue weighted by Gasteiger charge is 2.53. The molecule has 1 fully saturated rings. The van der Waals surface area contributed by atoms with Crippen LogP contribution in [0.25, 0.3) is 0 Å². The molecule has 1 heterocycles. The van der Waals surface area contributed by atoms with Crippen molar-refractivity contribution in [1.82, 2.24) is 4.90 Å². The summed E-state index contributed by atoms with van der Waals surface area (Å²) in [4.78, 5) is 0.920. The second-order valence-electron chi connectivity index (χ2n) is 4.39. The van der Waals surface area contributed by atoms with Gasteiger partial charge in [-0.1, -0.05) is 0 Å². The van der Waals surface area contributed by atoms with E-state index in [-0.39, 0.29) is 13.0 Å². The largest absolute Gasteiger partial charge is 0.492 e. The highest BCUT2D eigenvalue weighted by Crippen LogP contribution is 2.38. The van der Waals surface area contributed by atoms with E-state index in [1.54, 1.807) is 0 Å². The third-order valence-electron chi connectivity index (χ3n) is 2.90. The predicted octanol–water partition coefficient (Wildman–Crippen LogP) is 2.15. The van der Waals surface area contributed by atoms with E-state index >= 15 is 0 Å². The smallest absolute Gasteiger partial charge is 0.448 e. The Balaban J connectivity index is 2.62. The van der Waals surface area contributed by atoms with Crippen molar-refractivity contribution in [2.24, 2.45) is 0 Å². The molecule has 0 aromatic heterocycles. The predicted molar refractivity (Wildman–Crippen MR) is 50.4 cm³/mol. The van der Waals surface area contributed by atoms with Gasteiger partial charge in [-0.15, -0.1) is 0 Å². The minimum absolute atomic E-state index is 0.0698. The van der Waals surface area contributed by atoms with Gasteiger partial charge in [0.2, 0.25) is 0 Å². The molecule has 1 aliphatic heterocycles. The van der Waals surface area contributed by atoms with E-state index in [2.05, 4.69) is 0 Å². The zero-order valence-corrected chi connectivity index (χ0v) is 8.98. The Kier molecular flexibility index (Phi) is 4.03. The number of aliphatic hydroxyl groups is 1. The molecular formula is C8H13BF6NO-. The zero-order chi connectivity index (χ0) is 13.3. The molecule has 0 aromatic rings. The molecule has 0 aromatic carbocycles. The normalized spacial score (nSPS) is 29.1. The second kappa shape index (κ2) is 4.68. The van der Waals surface area contributed by atoms with Gasteiger partial charge in [0, 0.05) is 0 Å². The molecule has 0 bridgehead atoms. The summed E-state index contributed by atoms with van der Waals surface area (Å²) in [7, 11) is 0. The molecule has 2 nitrogen and oxygen atoms in total.